The van der Waals surface area contributed by atoms with E-state index >= 15 is 0 Å². The Bertz CT molecular complexity index is 661. The molecule has 1 aliphatic rings. The van der Waals surface area contributed by atoms with Crippen LogP contribution in [0.4, 0.5) is 5.69 Å². The van der Waals surface area contributed by atoms with E-state index in [0.29, 0.717) is 29.4 Å². The minimum Gasteiger partial charge on any atom is -0.495 e. The molecule has 1 heterocycles. The maximum Gasteiger partial charge on any atom is 0.193 e. The molecule has 1 aliphatic heterocycles. The van der Waals surface area contributed by atoms with Crippen molar-refractivity contribution in [1.82, 2.24) is 0 Å². The number of nitrogens with two attached hydrogens (primary N) is 1. The minimum absolute atomic E-state index is 0.0403. The van der Waals surface area contributed by atoms with Crippen molar-refractivity contribution in [1.29, 1.82) is 0 Å². The van der Waals surface area contributed by atoms with Crippen molar-refractivity contribution in [2.45, 2.75) is 12.8 Å². The van der Waals surface area contributed by atoms with E-state index < -0.39 is 9.84 Å². The molecule has 1 fully saturated rings. The molecule has 0 amide bonds. The van der Waals surface area contributed by atoms with E-state index in [1.165, 1.54) is 0 Å². The van der Waals surface area contributed by atoms with Crippen LogP contribution < -0.4 is 15.8 Å². The topological polar surface area (TPSA) is 93.8 Å². The van der Waals surface area contributed by atoms with E-state index in [-0.39, 0.29) is 23.4 Å². The smallest absolute Gasteiger partial charge is 0.193 e. The van der Waals surface area contributed by atoms with Gasteiger partial charge in [-0.25, -0.2) is 8.42 Å². The molecule has 0 bridgehead atoms. The third-order valence-corrected chi connectivity index (χ3v) is 5.69. The number of ether oxygens (including phenoxy) is 1. The van der Waals surface area contributed by atoms with Crippen LogP contribution in [0.3, 0.4) is 0 Å². The number of rotatable bonds is 4. The van der Waals surface area contributed by atoms with Gasteiger partial charge in [0.1, 0.15) is 5.75 Å². The lowest BCUT2D eigenvalue weighted by atomic mass is 10.1. The van der Waals surface area contributed by atoms with Gasteiger partial charge in [-0.2, -0.15) is 0 Å². The number of sulfone groups is 1. The Morgan fingerprint density at radius 1 is 1.55 bits per heavy atom. The monoisotopic (exact) mass is 345 g/mol. The number of halogens is 1. The van der Waals surface area contributed by atoms with Crippen LogP contribution >= 0.6 is 11.6 Å². The van der Waals surface area contributed by atoms with Gasteiger partial charge < -0.3 is 15.8 Å². The molecule has 0 aliphatic carbocycles. The molecule has 1 saturated heterocycles. The lowest BCUT2D eigenvalue weighted by Gasteiger charge is -2.20. The van der Waals surface area contributed by atoms with Gasteiger partial charge in [-0.05, 0) is 37.0 Å². The highest BCUT2D eigenvalue weighted by atomic mass is 35.5. The van der Waals surface area contributed by atoms with Crippen LogP contribution in [0, 0.1) is 5.92 Å². The van der Waals surface area contributed by atoms with Gasteiger partial charge in [0, 0.05) is 12.2 Å². The van der Waals surface area contributed by atoms with Crippen LogP contribution in [0.1, 0.15) is 12.8 Å². The Balaban J connectivity index is 1.94. The summed E-state index contributed by atoms with van der Waals surface area (Å²) in [5, 5.41) is 3.40. The number of hydrogen-bond donors (Lipinski definition) is 2. The summed E-state index contributed by atoms with van der Waals surface area (Å²) in [5.74, 6) is 1.33. The highest BCUT2D eigenvalue weighted by molar-refractivity contribution is 7.91. The molecule has 0 spiro atoms. The number of hydrogen-bond acceptors (Lipinski definition) is 4. The number of methoxy groups -OCH3 is 1. The first-order valence-corrected chi connectivity index (χ1v) is 9.20. The summed E-state index contributed by atoms with van der Waals surface area (Å²) in [6.45, 7) is 0.405. The quantitative estimate of drug-likeness (QED) is 0.642. The van der Waals surface area contributed by atoms with E-state index in [1.807, 2.05) is 0 Å². The van der Waals surface area contributed by atoms with Crippen molar-refractivity contribution in [3.05, 3.63) is 23.2 Å². The third kappa shape index (κ3) is 4.78. The van der Waals surface area contributed by atoms with Gasteiger partial charge in [-0.1, -0.05) is 11.6 Å². The highest BCUT2D eigenvalue weighted by Crippen LogP contribution is 2.27. The van der Waals surface area contributed by atoms with Crippen LogP contribution in [-0.2, 0) is 9.84 Å². The molecule has 6 nitrogen and oxygen atoms in total. The zero-order valence-corrected chi connectivity index (χ0v) is 14.0. The molecule has 0 radical (unpaired) electrons. The number of nitrogens with one attached hydrogen (secondary N) is 1. The average molecular weight is 346 g/mol. The summed E-state index contributed by atoms with van der Waals surface area (Å²) in [7, 11) is -1.37. The molecule has 8 heteroatoms. The summed E-state index contributed by atoms with van der Waals surface area (Å²) >= 11 is 6.03. The van der Waals surface area contributed by atoms with Gasteiger partial charge in [0.25, 0.3) is 0 Å². The Kier molecular flexibility index (Phi) is 5.52. The molecule has 2 rings (SSSR count). The van der Waals surface area contributed by atoms with Crippen LogP contribution in [0.25, 0.3) is 0 Å². The van der Waals surface area contributed by atoms with Crippen molar-refractivity contribution in [2.24, 2.45) is 16.6 Å². The molecule has 1 unspecified atom stereocenters. The van der Waals surface area contributed by atoms with E-state index in [2.05, 4.69) is 10.3 Å². The molecule has 1 aromatic rings. The van der Waals surface area contributed by atoms with E-state index in [1.54, 1.807) is 25.3 Å². The van der Waals surface area contributed by atoms with Crippen molar-refractivity contribution in [2.75, 3.05) is 30.5 Å². The second-order valence-electron chi connectivity index (χ2n) is 5.32. The maximum absolute atomic E-state index is 11.6. The summed E-state index contributed by atoms with van der Waals surface area (Å²) in [6, 6.07) is 5.19. The molecule has 1 atom stereocenters. The lowest BCUT2D eigenvalue weighted by molar-refractivity contribution is 0.415. The Labute approximate surface area is 135 Å². The largest absolute Gasteiger partial charge is 0.495 e. The minimum atomic E-state index is -2.91. The van der Waals surface area contributed by atoms with Crippen LogP contribution in [-0.4, -0.2) is 39.5 Å². The Morgan fingerprint density at radius 3 is 2.95 bits per heavy atom. The molecular weight excluding hydrogens is 326 g/mol. The van der Waals surface area contributed by atoms with Gasteiger partial charge in [0.05, 0.1) is 23.6 Å². The molecule has 3 N–H and O–H groups in total. The average Bonchev–Trinajstić information content (AvgIpc) is 2.44. The lowest BCUT2D eigenvalue weighted by Crippen LogP contribution is -2.29. The maximum atomic E-state index is 11.6. The van der Waals surface area contributed by atoms with Crippen molar-refractivity contribution >= 4 is 33.1 Å². The first kappa shape index (κ1) is 16.9. The first-order valence-electron chi connectivity index (χ1n) is 7.00. The summed E-state index contributed by atoms with van der Waals surface area (Å²) < 4.78 is 28.2. The molecule has 1 aromatic carbocycles. The Hall–Kier alpha value is -1.47. The molecule has 122 valence electrons. The van der Waals surface area contributed by atoms with E-state index in [0.717, 1.165) is 6.42 Å². The standard InChI is InChI=1S/C14H20ClN3O3S/c1-21-13-5-4-11(7-12(13)15)18-14(16)17-8-10-3-2-6-22(19,20)9-10/h4-5,7,10H,2-3,6,8-9H2,1H3,(H3,16,17,18). The molecule has 0 aromatic heterocycles. The van der Waals surface area contributed by atoms with Crippen LogP contribution in [0.2, 0.25) is 5.02 Å². The van der Waals surface area contributed by atoms with E-state index in [4.69, 9.17) is 22.1 Å². The summed E-state index contributed by atoms with van der Waals surface area (Å²) in [5.41, 5.74) is 6.52. The normalized spacial score (nSPS) is 21.4. The van der Waals surface area contributed by atoms with Gasteiger partial charge >= 0.3 is 0 Å². The van der Waals surface area contributed by atoms with Crippen molar-refractivity contribution in [3.63, 3.8) is 0 Å². The fourth-order valence-electron chi connectivity index (χ4n) is 2.42. The SMILES string of the molecule is COc1ccc(NC(N)=NCC2CCCS(=O)(=O)C2)cc1Cl. The number of aliphatic imine (C=N–C) groups is 1. The molecule has 22 heavy (non-hydrogen) atoms. The number of benzene rings is 1. The zero-order valence-electron chi connectivity index (χ0n) is 12.4. The van der Waals surface area contributed by atoms with Crippen molar-refractivity contribution in [3.8, 4) is 5.75 Å². The van der Waals surface area contributed by atoms with Gasteiger partial charge in [-0.15, -0.1) is 0 Å². The second kappa shape index (κ2) is 7.19. The van der Waals surface area contributed by atoms with Gasteiger partial charge in [0.2, 0.25) is 0 Å². The van der Waals surface area contributed by atoms with Gasteiger partial charge in [-0.3, -0.25) is 4.99 Å². The first-order chi connectivity index (χ1) is 10.4. The number of anilines is 1. The summed E-state index contributed by atoms with van der Waals surface area (Å²) in [6.07, 6.45) is 1.56. The molecule has 0 saturated carbocycles. The van der Waals surface area contributed by atoms with Crippen molar-refractivity contribution < 1.29 is 13.2 Å². The van der Waals surface area contributed by atoms with Crippen LogP contribution in [0.5, 0.6) is 5.75 Å². The fraction of sp³-hybridized carbons (Fsp3) is 0.500. The number of nitrogens with zero attached hydrogens (tertiary/aromatic N) is 1. The van der Waals surface area contributed by atoms with E-state index in [9.17, 15) is 8.42 Å². The number of guanidine groups is 1. The molecular formula is C14H20ClN3O3S. The predicted molar refractivity (Wildman–Crippen MR) is 89.5 cm³/mol. The van der Waals surface area contributed by atoms with Gasteiger partial charge in [0.15, 0.2) is 15.8 Å². The second-order valence-corrected chi connectivity index (χ2v) is 7.96. The highest BCUT2D eigenvalue weighted by Gasteiger charge is 2.24. The zero-order chi connectivity index (χ0) is 16.2. The fourth-order valence-corrected chi connectivity index (χ4v) is 4.44. The third-order valence-electron chi connectivity index (χ3n) is 3.50. The summed E-state index contributed by atoms with van der Waals surface area (Å²) in [4.78, 5) is 4.23. The predicted octanol–water partition coefficient (Wildman–Crippen LogP) is 1.90. The Morgan fingerprint density at radius 2 is 2.32 bits per heavy atom. The van der Waals surface area contributed by atoms with Crippen LogP contribution in [0.15, 0.2) is 23.2 Å².